The fraction of sp³-hybridized carbons (Fsp3) is 0.529. The van der Waals surface area contributed by atoms with Crippen LogP contribution in [0.1, 0.15) is 43.5 Å². The van der Waals surface area contributed by atoms with E-state index in [2.05, 4.69) is 56.2 Å². The number of hydrazone groups is 1. The maximum absolute atomic E-state index is 12.2. The van der Waals surface area contributed by atoms with E-state index in [9.17, 15) is 4.79 Å². The Labute approximate surface area is 148 Å². The largest absolute Gasteiger partial charge is 0.271 e. The second-order valence-electron chi connectivity index (χ2n) is 6.83. The number of halogens is 2. The monoisotopic (exact) mass is 426 g/mol. The normalized spacial score (nSPS) is 35.1. The zero-order chi connectivity index (χ0) is 16.0. The second-order valence-corrected chi connectivity index (χ2v) is 8.31. The van der Waals surface area contributed by atoms with E-state index in [-0.39, 0.29) is 16.7 Å². The highest BCUT2D eigenvalue weighted by Crippen LogP contribution is 2.64. The highest BCUT2D eigenvalue weighted by Gasteiger charge is 2.61. The highest BCUT2D eigenvalue weighted by molar-refractivity contribution is 9.10. The van der Waals surface area contributed by atoms with Gasteiger partial charge >= 0.3 is 0 Å². The van der Waals surface area contributed by atoms with Gasteiger partial charge in [0, 0.05) is 26.5 Å². The fourth-order valence-corrected chi connectivity index (χ4v) is 5.33. The molecule has 2 aliphatic carbocycles. The lowest BCUT2D eigenvalue weighted by Crippen LogP contribution is -2.37. The SMILES string of the molecule is C[C@@]12CC[C@H](C/C1=N/NC(=O)c1ccc(Br)cc1)[C@@]2(C)CBr. The maximum atomic E-state index is 12.2. The van der Waals surface area contributed by atoms with Crippen molar-refractivity contribution in [1.29, 1.82) is 0 Å². The van der Waals surface area contributed by atoms with Crippen LogP contribution in [0.4, 0.5) is 0 Å². The minimum atomic E-state index is -0.146. The smallest absolute Gasteiger partial charge is 0.267 e. The third kappa shape index (κ3) is 2.37. The van der Waals surface area contributed by atoms with Crippen molar-refractivity contribution in [2.45, 2.75) is 33.1 Å². The van der Waals surface area contributed by atoms with Crippen molar-refractivity contribution in [3.05, 3.63) is 34.3 Å². The van der Waals surface area contributed by atoms with E-state index < -0.39 is 0 Å². The summed E-state index contributed by atoms with van der Waals surface area (Å²) in [6, 6.07) is 7.32. The number of hydrogen-bond donors (Lipinski definition) is 1. The molecule has 2 saturated carbocycles. The predicted octanol–water partition coefficient (Wildman–Crippen LogP) is 4.76. The predicted molar refractivity (Wildman–Crippen MR) is 96.4 cm³/mol. The Kier molecular flexibility index (Phi) is 4.23. The van der Waals surface area contributed by atoms with Crippen LogP contribution in [-0.4, -0.2) is 16.9 Å². The molecule has 22 heavy (non-hydrogen) atoms. The molecule has 2 aliphatic rings. The lowest BCUT2D eigenvalue weighted by atomic mass is 9.70. The Balaban J connectivity index is 1.77. The number of fused-ring (bicyclic) bond motifs is 2. The molecule has 0 aliphatic heterocycles. The van der Waals surface area contributed by atoms with Gasteiger partial charge in [0.15, 0.2) is 0 Å². The zero-order valence-electron chi connectivity index (χ0n) is 12.8. The van der Waals surface area contributed by atoms with E-state index >= 15 is 0 Å². The molecule has 0 radical (unpaired) electrons. The molecule has 0 unspecified atom stereocenters. The standard InChI is InChI=1S/C17H20Br2N2O/c1-16-8-7-12(17(16,2)10-18)9-14(16)20-21-15(22)11-3-5-13(19)6-4-11/h3-6,12H,7-10H2,1-2H3,(H,21,22)/b20-14-/t12-,16-,17-/m1/s1. The van der Waals surface area contributed by atoms with Crippen LogP contribution in [0.25, 0.3) is 0 Å². The second kappa shape index (κ2) is 5.75. The fourth-order valence-electron chi connectivity index (χ4n) is 3.99. The van der Waals surface area contributed by atoms with Gasteiger partial charge in [0.05, 0.1) is 0 Å². The molecule has 1 aromatic carbocycles. The first-order valence-corrected chi connectivity index (χ1v) is 9.51. The minimum absolute atomic E-state index is 0.0914. The molecule has 0 spiro atoms. The number of carbonyl (C=O) groups is 1. The number of amides is 1. The molecule has 2 bridgehead atoms. The van der Waals surface area contributed by atoms with Crippen LogP contribution in [0.5, 0.6) is 0 Å². The quantitative estimate of drug-likeness (QED) is 0.548. The Bertz CT molecular complexity index is 628. The summed E-state index contributed by atoms with van der Waals surface area (Å²) in [5, 5.41) is 5.49. The van der Waals surface area contributed by atoms with Gasteiger partial charge in [-0.2, -0.15) is 5.10 Å². The van der Waals surface area contributed by atoms with Gasteiger partial charge in [-0.15, -0.1) is 0 Å². The summed E-state index contributed by atoms with van der Waals surface area (Å²) in [5.41, 5.74) is 4.86. The molecule has 2 fully saturated rings. The summed E-state index contributed by atoms with van der Waals surface area (Å²) >= 11 is 7.07. The summed E-state index contributed by atoms with van der Waals surface area (Å²) in [4.78, 5) is 12.2. The molecule has 0 aromatic heterocycles. The molecular formula is C17H20Br2N2O. The van der Waals surface area contributed by atoms with Crippen LogP contribution in [-0.2, 0) is 0 Å². The van der Waals surface area contributed by atoms with Crippen molar-refractivity contribution in [1.82, 2.24) is 5.43 Å². The van der Waals surface area contributed by atoms with Crippen LogP contribution >= 0.6 is 31.9 Å². The van der Waals surface area contributed by atoms with Gasteiger partial charge in [0.2, 0.25) is 0 Å². The molecule has 1 N–H and O–H groups in total. The van der Waals surface area contributed by atoms with Gasteiger partial charge in [0.25, 0.3) is 5.91 Å². The van der Waals surface area contributed by atoms with Crippen molar-refractivity contribution in [2.75, 3.05) is 5.33 Å². The molecule has 0 heterocycles. The maximum Gasteiger partial charge on any atom is 0.271 e. The summed E-state index contributed by atoms with van der Waals surface area (Å²) in [6.07, 6.45) is 3.42. The topological polar surface area (TPSA) is 41.5 Å². The van der Waals surface area contributed by atoms with E-state index in [0.717, 1.165) is 28.4 Å². The van der Waals surface area contributed by atoms with E-state index in [4.69, 9.17) is 0 Å². The number of carbonyl (C=O) groups excluding carboxylic acids is 1. The number of nitrogens with zero attached hydrogens (tertiary/aromatic N) is 1. The van der Waals surface area contributed by atoms with Gasteiger partial charge < -0.3 is 0 Å². The van der Waals surface area contributed by atoms with Crippen LogP contribution in [0.15, 0.2) is 33.8 Å². The van der Waals surface area contributed by atoms with E-state index in [0.29, 0.717) is 11.5 Å². The van der Waals surface area contributed by atoms with Crippen LogP contribution in [0.2, 0.25) is 0 Å². The summed E-state index contributed by atoms with van der Waals surface area (Å²) in [6.45, 7) is 4.64. The molecule has 1 aromatic rings. The first-order valence-electron chi connectivity index (χ1n) is 7.59. The van der Waals surface area contributed by atoms with Crippen LogP contribution in [0.3, 0.4) is 0 Å². The van der Waals surface area contributed by atoms with Crippen molar-refractivity contribution in [3.8, 4) is 0 Å². The summed E-state index contributed by atoms with van der Waals surface area (Å²) < 4.78 is 0.962. The average molecular weight is 428 g/mol. The van der Waals surface area contributed by atoms with Crippen LogP contribution in [0, 0.1) is 16.7 Å². The van der Waals surface area contributed by atoms with Gasteiger partial charge in [-0.25, -0.2) is 5.43 Å². The lowest BCUT2D eigenvalue weighted by molar-refractivity contribution is 0.0954. The van der Waals surface area contributed by atoms with Gasteiger partial charge in [-0.05, 0) is 54.9 Å². The number of hydrogen-bond acceptors (Lipinski definition) is 2. The first kappa shape index (κ1) is 16.2. The summed E-state index contributed by atoms with van der Waals surface area (Å²) in [5.74, 6) is 0.520. The molecule has 118 valence electrons. The van der Waals surface area contributed by atoms with Crippen molar-refractivity contribution >= 4 is 43.5 Å². The van der Waals surface area contributed by atoms with Gasteiger partial charge in [0.1, 0.15) is 0 Å². The zero-order valence-corrected chi connectivity index (χ0v) is 16.0. The Morgan fingerprint density at radius 1 is 1.36 bits per heavy atom. The Morgan fingerprint density at radius 2 is 2.05 bits per heavy atom. The summed E-state index contributed by atoms with van der Waals surface area (Å²) in [7, 11) is 0. The first-order chi connectivity index (χ1) is 10.4. The molecule has 3 nitrogen and oxygen atoms in total. The average Bonchev–Trinajstić information content (AvgIpc) is 2.89. The third-order valence-corrected chi connectivity index (χ3v) is 7.60. The molecule has 3 atom stereocenters. The third-order valence-electron chi connectivity index (χ3n) is 5.91. The number of alkyl halides is 1. The van der Waals surface area contributed by atoms with Crippen LogP contribution < -0.4 is 5.43 Å². The number of rotatable bonds is 3. The van der Waals surface area contributed by atoms with Crippen molar-refractivity contribution in [3.63, 3.8) is 0 Å². The molecular weight excluding hydrogens is 408 g/mol. The highest BCUT2D eigenvalue weighted by atomic mass is 79.9. The van der Waals surface area contributed by atoms with Crippen molar-refractivity contribution < 1.29 is 4.79 Å². The Morgan fingerprint density at radius 3 is 2.64 bits per heavy atom. The molecule has 1 amide bonds. The van der Waals surface area contributed by atoms with Crippen molar-refractivity contribution in [2.24, 2.45) is 21.8 Å². The number of nitrogens with one attached hydrogen (secondary N) is 1. The van der Waals surface area contributed by atoms with E-state index in [1.807, 2.05) is 12.1 Å². The molecule has 3 rings (SSSR count). The molecule has 0 saturated heterocycles. The van der Waals surface area contributed by atoms with Gasteiger partial charge in [-0.1, -0.05) is 45.7 Å². The van der Waals surface area contributed by atoms with E-state index in [1.54, 1.807) is 12.1 Å². The van der Waals surface area contributed by atoms with Gasteiger partial charge in [-0.3, -0.25) is 4.79 Å². The number of benzene rings is 1. The lowest BCUT2D eigenvalue weighted by Gasteiger charge is -2.36. The Hall–Kier alpha value is -0.680. The molecule has 5 heteroatoms. The van der Waals surface area contributed by atoms with E-state index in [1.165, 1.54) is 6.42 Å². The minimum Gasteiger partial charge on any atom is -0.267 e.